The number of hydrogen-bond donors (Lipinski definition) is 0. The van der Waals surface area contributed by atoms with Gasteiger partial charge in [0.1, 0.15) is 12.4 Å². The largest absolute Gasteiger partial charge is 0.445 e. The molecule has 0 radical (unpaired) electrons. The number of aromatic nitrogens is 1. The summed E-state index contributed by atoms with van der Waals surface area (Å²) < 4.78 is 5.50. The Kier molecular flexibility index (Phi) is 5.53. The number of hydrogen-bond acceptors (Lipinski definition) is 4. The fraction of sp³-hybridized carbons (Fsp3) is 0.400. The third kappa shape index (κ3) is 4.10. The lowest BCUT2D eigenvalue weighted by molar-refractivity contribution is 0.0920. The lowest BCUT2D eigenvalue weighted by Crippen LogP contribution is -2.31. The summed E-state index contributed by atoms with van der Waals surface area (Å²) in [5.41, 5.74) is 2.07. The van der Waals surface area contributed by atoms with Crippen LogP contribution in [0.1, 0.15) is 36.9 Å². The molecule has 2 aromatic rings. The first kappa shape index (κ1) is 17.3. The third-order valence-electron chi connectivity index (χ3n) is 4.71. The molecular weight excluding hydrogens is 314 g/mol. The number of anilines is 1. The van der Waals surface area contributed by atoms with E-state index in [1.165, 1.54) is 0 Å². The third-order valence-corrected chi connectivity index (χ3v) is 4.71. The van der Waals surface area contributed by atoms with E-state index in [-0.39, 0.29) is 12.1 Å². The van der Waals surface area contributed by atoms with Gasteiger partial charge in [-0.05, 0) is 37.0 Å². The molecule has 25 heavy (non-hydrogen) atoms. The Bertz CT molecular complexity index is 688. The van der Waals surface area contributed by atoms with Crippen LogP contribution in [0.15, 0.2) is 48.7 Å². The second-order valence-corrected chi connectivity index (χ2v) is 6.36. The zero-order valence-electron chi connectivity index (χ0n) is 14.9. The zero-order chi connectivity index (χ0) is 17.6. The van der Waals surface area contributed by atoms with Crippen molar-refractivity contribution in [2.24, 2.45) is 0 Å². The van der Waals surface area contributed by atoms with Crippen LogP contribution in [-0.4, -0.2) is 36.1 Å². The van der Waals surface area contributed by atoms with E-state index in [1.807, 2.05) is 54.5 Å². The van der Waals surface area contributed by atoms with Gasteiger partial charge in [0.15, 0.2) is 0 Å². The summed E-state index contributed by atoms with van der Waals surface area (Å²) in [6.45, 7) is 4.04. The highest BCUT2D eigenvalue weighted by atomic mass is 16.6. The summed E-state index contributed by atoms with van der Waals surface area (Å²) in [7, 11) is 2.02. The molecule has 1 aromatic heterocycles. The number of carbonyl (C=O) groups is 1. The van der Waals surface area contributed by atoms with Crippen molar-refractivity contribution in [1.82, 2.24) is 9.88 Å². The van der Waals surface area contributed by atoms with E-state index >= 15 is 0 Å². The van der Waals surface area contributed by atoms with Gasteiger partial charge in [0.2, 0.25) is 0 Å². The maximum atomic E-state index is 12.5. The van der Waals surface area contributed by atoms with Crippen LogP contribution >= 0.6 is 0 Å². The Morgan fingerprint density at radius 2 is 2.08 bits per heavy atom. The van der Waals surface area contributed by atoms with Crippen LogP contribution in [0.2, 0.25) is 0 Å². The Morgan fingerprint density at radius 1 is 1.28 bits per heavy atom. The smallest absolute Gasteiger partial charge is 0.410 e. The van der Waals surface area contributed by atoms with E-state index in [2.05, 4.69) is 22.9 Å². The Hall–Kier alpha value is -2.56. The van der Waals surface area contributed by atoms with E-state index < -0.39 is 0 Å². The van der Waals surface area contributed by atoms with Crippen molar-refractivity contribution < 1.29 is 9.53 Å². The number of pyridine rings is 1. The van der Waals surface area contributed by atoms with Gasteiger partial charge < -0.3 is 14.5 Å². The summed E-state index contributed by atoms with van der Waals surface area (Å²) in [5, 5.41) is 0. The Morgan fingerprint density at radius 3 is 2.76 bits per heavy atom. The molecule has 1 aromatic carbocycles. The number of nitrogens with zero attached hydrogens (tertiary/aromatic N) is 3. The number of amides is 1. The Balaban J connectivity index is 1.64. The predicted octanol–water partition coefficient (Wildman–Crippen LogP) is 4.01. The molecular formula is C20H25N3O2. The average Bonchev–Trinajstić information content (AvgIpc) is 3.16. The summed E-state index contributed by atoms with van der Waals surface area (Å²) in [4.78, 5) is 20.9. The fourth-order valence-corrected chi connectivity index (χ4v) is 3.12. The summed E-state index contributed by atoms with van der Waals surface area (Å²) in [5.74, 6) is 0.947. The quantitative estimate of drug-likeness (QED) is 0.826. The molecule has 1 aliphatic rings. The average molecular weight is 339 g/mol. The van der Waals surface area contributed by atoms with Crippen LogP contribution in [0.5, 0.6) is 0 Å². The molecule has 0 N–H and O–H groups in total. The highest BCUT2D eigenvalue weighted by Crippen LogP contribution is 2.32. The summed E-state index contributed by atoms with van der Waals surface area (Å²) in [6.07, 6.45) is 3.57. The van der Waals surface area contributed by atoms with E-state index in [1.54, 1.807) is 0 Å². The second-order valence-electron chi connectivity index (χ2n) is 6.36. The van der Waals surface area contributed by atoms with Gasteiger partial charge in [-0.15, -0.1) is 0 Å². The maximum absolute atomic E-state index is 12.5. The summed E-state index contributed by atoms with van der Waals surface area (Å²) in [6, 6.07) is 13.9. The predicted molar refractivity (Wildman–Crippen MR) is 98.5 cm³/mol. The van der Waals surface area contributed by atoms with Crippen LogP contribution in [0.4, 0.5) is 10.6 Å². The molecule has 5 nitrogen and oxygen atoms in total. The van der Waals surface area contributed by atoms with Crippen molar-refractivity contribution in [3.63, 3.8) is 0 Å². The zero-order valence-corrected chi connectivity index (χ0v) is 14.9. The molecule has 5 heteroatoms. The highest BCUT2D eigenvalue weighted by molar-refractivity contribution is 5.68. The number of rotatable bonds is 5. The molecule has 0 bridgehead atoms. The van der Waals surface area contributed by atoms with E-state index in [0.717, 1.165) is 42.9 Å². The molecule has 3 rings (SSSR count). The van der Waals surface area contributed by atoms with Gasteiger partial charge >= 0.3 is 6.09 Å². The number of ether oxygens (including phenoxy) is 1. The highest BCUT2D eigenvalue weighted by Gasteiger charge is 2.31. The van der Waals surface area contributed by atoms with Gasteiger partial charge in [0, 0.05) is 26.3 Å². The molecule has 0 saturated carbocycles. The number of benzene rings is 1. The molecule has 1 aliphatic heterocycles. The fourth-order valence-electron chi connectivity index (χ4n) is 3.12. The van der Waals surface area contributed by atoms with Crippen LogP contribution in [0, 0.1) is 0 Å². The number of carbonyl (C=O) groups excluding carboxylic acids is 1. The van der Waals surface area contributed by atoms with Gasteiger partial charge in [-0.3, -0.25) is 0 Å². The molecule has 0 spiro atoms. The normalized spacial score (nSPS) is 16.7. The van der Waals surface area contributed by atoms with Crippen molar-refractivity contribution in [2.75, 3.05) is 25.0 Å². The van der Waals surface area contributed by atoms with Gasteiger partial charge in [-0.2, -0.15) is 0 Å². The molecule has 0 unspecified atom stereocenters. The topological polar surface area (TPSA) is 45.7 Å². The molecule has 1 amide bonds. The lowest BCUT2D eigenvalue weighted by Gasteiger charge is -2.25. The first-order chi connectivity index (χ1) is 12.2. The van der Waals surface area contributed by atoms with E-state index in [9.17, 15) is 4.79 Å². The lowest BCUT2D eigenvalue weighted by atomic mass is 10.1. The van der Waals surface area contributed by atoms with Gasteiger partial charge in [0.25, 0.3) is 0 Å². The standard InChI is InChI=1S/C20H25N3O2/c1-3-22(2)19-12-11-17(14-21-19)18-10-7-13-23(18)20(24)25-15-16-8-5-4-6-9-16/h4-6,8-9,11-12,14,18H,3,7,10,13,15H2,1-2H3/t18-/m0/s1. The van der Waals surface area contributed by atoms with Gasteiger partial charge in [0.05, 0.1) is 6.04 Å². The minimum Gasteiger partial charge on any atom is -0.445 e. The van der Waals surface area contributed by atoms with Gasteiger partial charge in [-0.25, -0.2) is 9.78 Å². The van der Waals surface area contributed by atoms with Crippen molar-refractivity contribution in [3.8, 4) is 0 Å². The van der Waals surface area contributed by atoms with Gasteiger partial charge in [-0.1, -0.05) is 36.4 Å². The molecule has 1 atom stereocenters. The SMILES string of the molecule is CCN(C)c1ccc([C@@H]2CCCN2C(=O)OCc2ccccc2)cn1. The van der Waals surface area contributed by atoms with E-state index in [0.29, 0.717) is 6.61 Å². The van der Waals surface area contributed by atoms with Crippen molar-refractivity contribution in [3.05, 3.63) is 59.8 Å². The van der Waals surface area contributed by atoms with Crippen LogP contribution in [-0.2, 0) is 11.3 Å². The molecule has 1 fully saturated rings. The van der Waals surface area contributed by atoms with Crippen molar-refractivity contribution >= 4 is 11.9 Å². The van der Waals surface area contributed by atoms with Crippen LogP contribution < -0.4 is 4.90 Å². The first-order valence-corrected chi connectivity index (χ1v) is 8.83. The van der Waals surface area contributed by atoms with Crippen molar-refractivity contribution in [2.45, 2.75) is 32.4 Å². The molecule has 0 aliphatic carbocycles. The second kappa shape index (κ2) is 8.01. The van der Waals surface area contributed by atoms with Crippen molar-refractivity contribution in [1.29, 1.82) is 0 Å². The monoisotopic (exact) mass is 339 g/mol. The summed E-state index contributed by atoms with van der Waals surface area (Å²) >= 11 is 0. The molecule has 1 saturated heterocycles. The van der Waals surface area contributed by atoms with E-state index in [4.69, 9.17) is 4.74 Å². The molecule has 2 heterocycles. The first-order valence-electron chi connectivity index (χ1n) is 8.83. The minimum atomic E-state index is -0.249. The van der Waals surface area contributed by atoms with Crippen LogP contribution in [0.3, 0.4) is 0 Å². The minimum absolute atomic E-state index is 0.0526. The maximum Gasteiger partial charge on any atom is 0.410 e. The molecule has 132 valence electrons. The number of likely N-dealkylation sites (tertiary alicyclic amines) is 1. The van der Waals surface area contributed by atoms with Crippen LogP contribution in [0.25, 0.3) is 0 Å². The Labute approximate surface area is 149 Å².